The first-order chi connectivity index (χ1) is 11.6. The van der Waals surface area contributed by atoms with Crippen molar-refractivity contribution in [2.24, 2.45) is 0 Å². The highest BCUT2D eigenvalue weighted by atomic mass is 16.3. The van der Waals surface area contributed by atoms with E-state index in [1.54, 1.807) is 12.1 Å². The molecule has 1 amide bonds. The molecule has 0 saturated heterocycles. The average molecular weight is 328 g/mol. The lowest BCUT2D eigenvalue weighted by atomic mass is 10.3. The third-order valence-electron chi connectivity index (χ3n) is 3.52. The fraction of sp³-hybridized carbons (Fsp3) is 0.188. The molecule has 8 nitrogen and oxygen atoms in total. The number of amides is 1. The summed E-state index contributed by atoms with van der Waals surface area (Å²) in [5.41, 5.74) is -1.37. The molecular weight excluding hydrogens is 312 g/mol. The van der Waals surface area contributed by atoms with Crippen molar-refractivity contribution in [1.82, 2.24) is 19.4 Å². The van der Waals surface area contributed by atoms with Gasteiger partial charge < -0.3 is 19.3 Å². The number of nitrogens with one attached hydrogen (secondary N) is 2. The zero-order valence-corrected chi connectivity index (χ0v) is 12.8. The molecule has 0 atom stereocenters. The van der Waals surface area contributed by atoms with Gasteiger partial charge in [-0.1, -0.05) is 0 Å². The van der Waals surface area contributed by atoms with Gasteiger partial charge in [0.25, 0.3) is 11.5 Å². The molecule has 0 unspecified atom stereocenters. The standard InChI is InChI=1S/C16H16N4O4/c21-14(17-5-8-19-6-1-2-7-19)13-10-18-16(23)20(15(13)22)11-12-4-3-9-24-12/h1-4,6-7,9-10H,5,8,11H2,(H,17,21)(H,18,23). The van der Waals surface area contributed by atoms with Crippen molar-refractivity contribution in [3.05, 3.63) is 81.3 Å². The summed E-state index contributed by atoms with van der Waals surface area (Å²) in [6.07, 6.45) is 6.34. The number of furan rings is 1. The number of H-pyrrole nitrogens is 1. The molecule has 0 bridgehead atoms. The van der Waals surface area contributed by atoms with Crippen LogP contribution in [0.2, 0.25) is 0 Å². The number of rotatable bonds is 6. The van der Waals surface area contributed by atoms with Crippen molar-refractivity contribution < 1.29 is 9.21 Å². The van der Waals surface area contributed by atoms with Crippen LogP contribution in [0.15, 0.2) is 63.1 Å². The smallest absolute Gasteiger partial charge is 0.328 e. The molecule has 2 N–H and O–H groups in total. The molecule has 0 radical (unpaired) electrons. The van der Waals surface area contributed by atoms with Crippen LogP contribution in [0.5, 0.6) is 0 Å². The molecule has 0 aliphatic heterocycles. The fourth-order valence-corrected chi connectivity index (χ4v) is 2.29. The van der Waals surface area contributed by atoms with Gasteiger partial charge in [-0.2, -0.15) is 0 Å². The summed E-state index contributed by atoms with van der Waals surface area (Å²) in [5, 5.41) is 2.67. The van der Waals surface area contributed by atoms with E-state index in [9.17, 15) is 14.4 Å². The third kappa shape index (κ3) is 3.37. The largest absolute Gasteiger partial charge is 0.467 e. The summed E-state index contributed by atoms with van der Waals surface area (Å²) in [6.45, 7) is 0.915. The SMILES string of the molecule is O=C(NCCn1cccc1)c1c[nH]c(=O)n(Cc2ccco2)c1=O. The molecule has 3 aromatic heterocycles. The fourth-order valence-electron chi connectivity index (χ4n) is 2.29. The Morgan fingerprint density at radius 3 is 2.71 bits per heavy atom. The summed E-state index contributed by atoms with van der Waals surface area (Å²) in [6, 6.07) is 7.08. The zero-order valence-electron chi connectivity index (χ0n) is 12.8. The molecule has 0 aliphatic rings. The molecule has 124 valence electrons. The quantitative estimate of drug-likeness (QED) is 0.684. The van der Waals surface area contributed by atoms with E-state index in [1.807, 2.05) is 29.1 Å². The Hall–Kier alpha value is -3.29. The van der Waals surface area contributed by atoms with Crippen molar-refractivity contribution in [2.45, 2.75) is 13.1 Å². The maximum absolute atomic E-state index is 12.4. The Kier molecular flexibility index (Phi) is 4.46. The minimum atomic E-state index is -0.659. The van der Waals surface area contributed by atoms with Gasteiger partial charge in [0.15, 0.2) is 0 Å². The average Bonchev–Trinajstić information content (AvgIpc) is 3.25. The van der Waals surface area contributed by atoms with Crippen molar-refractivity contribution in [3.63, 3.8) is 0 Å². The van der Waals surface area contributed by atoms with E-state index in [1.165, 1.54) is 6.26 Å². The minimum absolute atomic E-state index is 0.0361. The molecule has 8 heteroatoms. The highest BCUT2D eigenvalue weighted by molar-refractivity contribution is 5.93. The zero-order chi connectivity index (χ0) is 16.9. The van der Waals surface area contributed by atoms with Gasteiger partial charge in [-0.3, -0.25) is 14.2 Å². The first-order valence-corrected chi connectivity index (χ1v) is 7.39. The first kappa shape index (κ1) is 15.6. The van der Waals surface area contributed by atoms with Crippen molar-refractivity contribution in [2.75, 3.05) is 6.54 Å². The van der Waals surface area contributed by atoms with Gasteiger partial charge in [0.05, 0.1) is 12.8 Å². The number of hydrogen-bond acceptors (Lipinski definition) is 4. The lowest BCUT2D eigenvalue weighted by Gasteiger charge is -2.08. The summed E-state index contributed by atoms with van der Waals surface area (Å²) < 4.78 is 7.97. The summed E-state index contributed by atoms with van der Waals surface area (Å²) in [7, 11) is 0. The van der Waals surface area contributed by atoms with Gasteiger partial charge in [-0.15, -0.1) is 0 Å². The Morgan fingerprint density at radius 1 is 1.21 bits per heavy atom. The van der Waals surface area contributed by atoms with Crippen molar-refractivity contribution in [1.29, 1.82) is 0 Å². The number of aromatic nitrogens is 3. The third-order valence-corrected chi connectivity index (χ3v) is 3.52. The molecule has 0 aromatic carbocycles. The van der Waals surface area contributed by atoms with E-state index >= 15 is 0 Å². The lowest BCUT2D eigenvalue weighted by molar-refractivity contribution is 0.0949. The van der Waals surface area contributed by atoms with Gasteiger partial charge in [-0.25, -0.2) is 4.79 Å². The highest BCUT2D eigenvalue weighted by Crippen LogP contribution is 2.00. The van der Waals surface area contributed by atoms with Gasteiger partial charge in [-0.05, 0) is 24.3 Å². The molecule has 0 saturated carbocycles. The van der Waals surface area contributed by atoms with Crippen LogP contribution in [0, 0.1) is 0 Å². The monoisotopic (exact) mass is 328 g/mol. The van der Waals surface area contributed by atoms with E-state index in [0.29, 0.717) is 18.8 Å². The van der Waals surface area contributed by atoms with Crippen LogP contribution >= 0.6 is 0 Å². The van der Waals surface area contributed by atoms with Crippen LogP contribution in [0.25, 0.3) is 0 Å². The Labute approximate surface area is 136 Å². The van der Waals surface area contributed by atoms with E-state index in [-0.39, 0.29) is 12.1 Å². The van der Waals surface area contributed by atoms with Crippen molar-refractivity contribution >= 4 is 5.91 Å². The van der Waals surface area contributed by atoms with E-state index in [0.717, 1.165) is 10.8 Å². The van der Waals surface area contributed by atoms with Crippen LogP contribution in [-0.2, 0) is 13.1 Å². The summed E-state index contributed by atoms with van der Waals surface area (Å²) in [5.74, 6) is -0.0793. The van der Waals surface area contributed by atoms with E-state index < -0.39 is 17.2 Å². The van der Waals surface area contributed by atoms with Gasteiger partial charge in [0.1, 0.15) is 11.3 Å². The number of carbonyl (C=O) groups is 1. The number of carbonyl (C=O) groups excluding carboxylic acids is 1. The second kappa shape index (κ2) is 6.86. The summed E-state index contributed by atoms with van der Waals surface area (Å²) in [4.78, 5) is 38.8. The molecule has 0 spiro atoms. The van der Waals surface area contributed by atoms with Gasteiger partial charge in [0, 0.05) is 31.7 Å². The van der Waals surface area contributed by atoms with Crippen LogP contribution in [0.3, 0.4) is 0 Å². The molecule has 24 heavy (non-hydrogen) atoms. The van der Waals surface area contributed by atoms with Gasteiger partial charge >= 0.3 is 5.69 Å². The second-order valence-corrected chi connectivity index (χ2v) is 5.15. The number of hydrogen-bond donors (Lipinski definition) is 2. The molecule has 3 heterocycles. The van der Waals surface area contributed by atoms with Crippen LogP contribution in [0.1, 0.15) is 16.1 Å². The van der Waals surface area contributed by atoms with Crippen LogP contribution in [-0.4, -0.2) is 26.6 Å². The Bertz CT molecular complexity index is 920. The summed E-state index contributed by atoms with van der Waals surface area (Å²) >= 11 is 0. The molecule has 0 aliphatic carbocycles. The second-order valence-electron chi connectivity index (χ2n) is 5.15. The van der Waals surface area contributed by atoms with E-state index in [2.05, 4.69) is 10.3 Å². The molecule has 3 aromatic rings. The number of aromatic amines is 1. The minimum Gasteiger partial charge on any atom is -0.467 e. The maximum atomic E-state index is 12.4. The van der Waals surface area contributed by atoms with Gasteiger partial charge in [0.2, 0.25) is 0 Å². The normalized spacial score (nSPS) is 10.7. The van der Waals surface area contributed by atoms with Crippen LogP contribution < -0.4 is 16.6 Å². The van der Waals surface area contributed by atoms with Crippen molar-refractivity contribution in [3.8, 4) is 0 Å². The Balaban J connectivity index is 1.74. The highest BCUT2D eigenvalue weighted by Gasteiger charge is 2.15. The van der Waals surface area contributed by atoms with E-state index in [4.69, 9.17) is 4.42 Å². The predicted octanol–water partition coefficient (Wildman–Crippen LogP) is 0.409. The molecule has 3 rings (SSSR count). The first-order valence-electron chi connectivity index (χ1n) is 7.39. The molecule has 0 fully saturated rings. The maximum Gasteiger partial charge on any atom is 0.328 e. The Morgan fingerprint density at radius 2 is 2.00 bits per heavy atom. The van der Waals surface area contributed by atoms with Crippen LogP contribution in [0.4, 0.5) is 0 Å². The lowest BCUT2D eigenvalue weighted by Crippen LogP contribution is -2.41. The number of nitrogens with zero attached hydrogens (tertiary/aromatic N) is 2. The molecular formula is C16H16N4O4. The topological polar surface area (TPSA) is 102 Å². The predicted molar refractivity (Wildman–Crippen MR) is 85.9 cm³/mol.